The van der Waals surface area contributed by atoms with Crippen molar-refractivity contribution in [3.63, 3.8) is 0 Å². The minimum absolute atomic E-state index is 0.185. The van der Waals surface area contributed by atoms with Gasteiger partial charge in [-0.05, 0) is 43.2 Å². The maximum atomic E-state index is 12.1. The third kappa shape index (κ3) is 6.31. The van der Waals surface area contributed by atoms with Crippen molar-refractivity contribution in [3.8, 4) is 17.2 Å². The predicted octanol–water partition coefficient (Wildman–Crippen LogP) is 3.61. The number of aryl methyl sites for hydroxylation is 1. The molecule has 1 amide bonds. The van der Waals surface area contributed by atoms with Crippen molar-refractivity contribution in [1.29, 1.82) is 0 Å². The first-order valence-electron chi connectivity index (χ1n) is 8.92. The quantitative estimate of drug-likeness (QED) is 0.660. The molecule has 5 nitrogen and oxygen atoms in total. The van der Waals surface area contributed by atoms with E-state index in [0.717, 1.165) is 18.6 Å². The summed E-state index contributed by atoms with van der Waals surface area (Å²) >= 11 is 0. The summed E-state index contributed by atoms with van der Waals surface area (Å²) in [5.74, 6) is 1.90. The average molecular weight is 357 g/mol. The maximum Gasteiger partial charge on any atom is 0.260 e. The monoisotopic (exact) mass is 357 g/mol. The molecule has 140 valence electrons. The van der Waals surface area contributed by atoms with Crippen LogP contribution in [-0.2, 0) is 11.2 Å². The van der Waals surface area contributed by atoms with Crippen LogP contribution in [0, 0.1) is 0 Å². The van der Waals surface area contributed by atoms with Crippen LogP contribution in [0.2, 0.25) is 0 Å². The number of ether oxygens (including phenoxy) is 3. The van der Waals surface area contributed by atoms with Crippen LogP contribution < -0.4 is 19.5 Å². The molecule has 5 heteroatoms. The van der Waals surface area contributed by atoms with Gasteiger partial charge in [-0.1, -0.05) is 31.5 Å². The molecule has 0 aliphatic carbocycles. The topological polar surface area (TPSA) is 56.8 Å². The van der Waals surface area contributed by atoms with E-state index in [9.17, 15) is 4.79 Å². The molecular weight excluding hydrogens is 330 g/mol. The number of carbonyl (C=O) groups excluding carboxylic acids is 1. The van der Waals surface area contributed by atoms with E-state index < -0.39 is 6.10 Å². The number of hydrogen-bond acceptors (Lipinski definition) is 4. The van der Waals surface area contributed by atoms with Gasteiger partial charge in [0.1, 0.15) is 23.9 Å². The smallest absolute Gasteiger partial charge is 0.260 e. The summed E-state index contributed by atoms with van der Waals surface area (Å²) in [4.78, 5) is 12.1. The summed E-state index contributed by atoms with van der Waals surface area (Å²) in [5.41, 5.74) is 1.30. The first-order chi connectivity index (χ1) is 12.6. The van der Waals surface area contributed by atoms with Crippen LogP contribution in [0.25, 0.3) is 0 Å². The molecule has 26 heavy (non-hydrogen) atoms. The fourth-order valence-corrected chi connectivity index (χ4v) is 2.46. The van der Waals surface area contributed by atoms with Gasteiger partial charge in [0.15, 0.2) is 6.10 Å². The number of carbonyl (C=O) groups is 1. The van der Waals surface area contributed by atoms with Gasteiger partial charge in [-0.25, -0.2) is 0 Å². The highest BCUT2D eigenvalue weighted by Gasteiger charge is 2.14. The minimum Gasteiger partial charge on any atom is -0.497 e. The third-order valence-corrected chi connectivity index (χ3v) is 3.86. The molecule has 0 saturated heterocycles. The number of amides is 1. The number of hydrogen-bond donors (Lipinski definition) is 1. The minimum atomic E-state index is -0.601. The van der Waals surface area contributed by atoms with Crippen LogP contribution in [0.3, 0.4) is 0 Å². The van der Waals surface area contributed by atoms with Crippen molar-refractivity contribution in [3.05, 3.63) is 54.1 Å². The SMILES string of the molecule is CCCc1ccc(OCCNC(=O)[C@H](C)Oc2cccc(OC)c2)cc1. The van der Waals surface area contributed by atoms with Crippen molar-refractivity contribution in [2.75, 3.05) is 20.3 Å². The Morgan fingerprint density at radius 2 is 1.81 bits per heavy atom. The molecule has 0 aliphatic heterocycles. The second kappa shape index (κ2) is 10.3. The van der Waals surface area contributed by atoms with Crippen LogP contribution >= 0.6 is 0 Å². The fourth-order valence-electron chi connectivity index (χ4n) is 2.46. The van der Waals surface area contributed by atoms with Crippen LogP contribution in [0.4, 0.5) is 0 Å². The number of methoxy groups -OCH3 is 1. The zero-order valence-corrected chi connectivity index (χ0v) is 15.7. The lowest BCUT2D eigenvalue weighted by Crippen LogP contribution is -2.38. The predicted molar refractivity (Wildman–Crippen MR) is 102 cm³/mol. The summed E-state index contributed by atoms with van der Waals surface area (Å²) in [7, 11) is 1.59. The van der Waals surface area contributed by atoms with Crippen LogP contribution in [0.1, 0.15) is 25.8 Å². The van der Waals surface area contributed by atoms with E-state index in [-0.39, 0.29) is 5.91 Å². The van der Waals surface area contributed by atoms with Crippen LogP contribution in [0.5, 0.6) is 17.2 Å². The number of nitrogens with one attached hydrogen (secondary N) is 1. The molecule has 0 radical (unpaired) electrons. The second-order valence-electron chi connectivity index (χ2n) is 5.97. The number of rotatable bonds is 10. The van der Waals surface area contributed by atoms with Gasteiger partial charge in [0.25, 0.3) is 5.91 Å². The van der Waals surface area contributed by atoms with E-state index in [0.29, 0.717) is 24.7 Å². The Morgan fingerprint density at radius 3 is 2.50 bits per heavy atom. The summed E-state index contributed by atoms with van der Waals surface area (Å²) < 4.78 is 16.4. The first kappa shape index (κ1) is 19.6. The largest absolute Gasteiger partial charge is 0.497 e. The zero-order valence-electron chi connectivity index (χ0n) is 15.7. The molecule has 2 aromatic carbocycles. The van der Waals surface area contributed by atoms with Gasteiger partial charge in [-0.3, -0.25) is 4.79 Å². The van der Waals surface area contributed by atoms with Gasteiger partial charge in [0.05, 0.1) is 13.7 Å². The molecule has 2 aromatic rings. The molecule has 0 bridgehead atoms. The van der Waals surface area contributed by atoms with Gasteiger partial charge in [-0.2, -0.15) is 0 Å². The standard InChI is InChI=1S/C21H27NO4/c1-4-6-17-9-11-18(12-10-17)25-14-13-22-21(23)16(2)26-20-8-5-7-19(15-20)24-3/h5,7-12,15-16H,4,6,13-14H2,1-3H3,(H,22,23)/t16-/m0/s1. The Morgan fingerprint density at radius 1 is 1.08 bits per heavy atom. The first-order valence-corrected chi connectivity index (χ1v) is 8.92. The van der Waals surface area contributed by atoms with Gasteiger partial charge >= 0.3 is 0 Å². The summed E-state index contributed by atoms with van der Waals surface area (Å²) in [6, 6.07) is 15.2. The molecule has 0 unspecified atom stereocenters. The lowest BCUT2D eigenvalue weighted by molar-refractivity contribution is -0.127. The molecule has 0 spiro atoms. The maximum absolute atomic E-state index is 12.1. The van der Waals surface area contributed by atoms with Crippen molar-refractivity contribution >= 4 is 5.91 Å². The highest BCUT2D eigenvalue weighted by atomic mass is 16.5. The van der Waals surface area contributed by atoms with Gasteiger partial charge in [0.2, 0.25) is 0 Å². The molecule has 0 aromatic heterocycles. The van der Waals surface area contributed by atoms with Crippen molar-refractivity contribution in [2.45, 2.75) is 32.8 Å². The van der Waals surface area contributed by atoms with Crippen LogP contribution in [-0.4, -0.2) is 32.3 Å². The molecule has 0 saturated carbocycles. The summed E-state index contributed by atoms with van der Waals surface area (Å²) in [6.45, 7) is 4.69. The molecule has 0 heterocycles. The lowest BCUT2D eigenvalue weighted by atomic mass is 10.1. The second-order valence-corrected chi connectivity index (χ2v) is 5.97. The van der Waals surface area contributed by atoms with E-state index in [4.69, 9.17) is 14.2 Å². The molecule has 2 rings (SSSR count). The van der Waals surface area contributed by atoms with E-state index in [2.05, 4.69) is 24.4 Å². The molecule has 0 aliphatic rings. The normalized spacial score (nSPS) is 11.5. The lowest BCUT2D eigenvalue weighted by Gasteiger charge is -2.15. The Bertz CT molecular complexity index is 685. The highest BCUT2D eigenvalue weighted by Crippen LogP contribution is 2.20. The van der Waals surface area contributed by atoms with Crippen LogP contribution in [0.15, 0.2) is 48.5 Å². The van der Waals surface area contributed by atoms with Crippen molar-refractivity contribution in [2.24, 2.45) is 0 Å². The third-order valence-electron chi connectivity index (χ3n) is 3.86. The highest BCUT2D eigenvalue weighted by molar-refractivity contribution is 5.80. The Balaban J connectivity index is 1.70. The Hall–Kier alpha value is -2.69. The van der Waals surface area contributed by atoms with E-state index in [1.54, 1.807) is 26.2 Å². The van der Waals surface area contributed by atoms with Gasteiger partial charge < -0.3 is 19.5 Å². The Labute approximate surface area is 155 Å². The van der Waals surface area contributed by atoms with Crippen molar-refractivity contribution in [1.82, 2.24) is 5.32 Å². The average Bonchev–Trinajstić information content (AvgIpc) is 2.66. The molecule has 1 N–H and O–H groups in total. The van der Waals surface area contributed by atoms with E-state index in [1.807, 2.05) is 24.3 Å². The summed E-state index contributed by atoms with van der Waals surface area (Å²) in [6.07, 6.45) is 1.60. The Kier molecular flexibility index (Phi) is 7.80. The number of benzene rings is 2. The summed E-state index contributed by atoms with van der Waals surface area (Å²) in [5, 5.41) is 2.81. The van der Waals surface area contributed by atoms with Crippen molar-refractivity contribution < 1.29 is 19.0 Å². The molecule has 1 atom stereocenters. The van der Waals surface area contributed by atoms with Gasteiger partial charge in [-0.15, -0.1) is 0 Å². The van der Waals surface area contributed by atoms with E-state index in [1.165, 1.54) is 5.56 Å². The van der Waals surface area contributed by atoms with E-state index >= 15 is 0 Å². The fraction of sp³-hybridized carbons (Fsp3) is 0.381. The molecule has 0 fully saturated rings. The zero-order chi connectivity index (χ0) is 18.8. The van der Waals surface area contributed by atoms with Gasteiger partial charge in [0, 0.05) is 6.07 Å². The molecular formula is C21H27NO4.